The Morgan fingerprint density at radius 1 is 1.38 bits per heavy atom. The zero-order valence-corrected chi connectivity index (χ0v) is 9.74. The maximum atomic E-state index is 13.3. The van der Waals surface area contributed by atoms with E-state index in [1.54, 1.807) is 18.2 Å². The van der Waals surface area contributed by atoms with E-state index >= 15 is 0 Å². The number of rotatable bonds is 5. The van der Waals surface area contributed by atoms with E-state index in [4.69, 9.17) is 5.73 Å². The van der Waals surface area contributed by atoms with Crippen molar-refractivity contribution in [1.82, 2.24) is 0 Å². The van der Waals surface area contributed by atoms with Crippen LogP contribution in [0.1, 0.15) is 25.8 Å². The van der Waals surface area contributed by atoms with E-state index in [2.05, 4.69) is 0 Å². The van der Waals surface area contributed by atoms with Crippen LogP contribution in [-0.2, 0) is 11.2 Å². The van der Waals surface area contributed by atoms with Crippen LogP contribution in [0.15, 0.2) is 24.3 Å². The Kier molecular flexibility index (Phi) is 4.62. The van der Waals surface area contributed by atoms with E-state index in [1.165, 1.54) is 6.07 Å². The van der Waals surface area contributed by atoms with Crippen LogP contribution in [0.25, 0.3) is 0 Å². The molecule has 0 aromatic heterocycles. The van der Waals surface area contributed by atoms with E-state index in [-0.39, 0.29) is 17.5 Å². The smallest absolute Gasteiger partial charge is 0.150 e. The number of Topliss-reactive ketones (excluding diaryl/α,β-unsaturated/α-hetero) is 1. The molecule has 0 spiro atoms. The van der Waals surface area contributed by atoms with E-state index in [1.807, 2.05) is 13.8 Å². The van der Waals surface area contributed by atoms with Gasteiger partial charge in [0.2, 0.25) is 0 Å². The van der Waals surface area contributed by atoms with Gasteiger partial charge in [-0.3, -0.25) is 4.79 Å². The molecule has 1 atom stereocenters. The highest BCUT2D eigenvalue weighted by Gasteiger charge is 2.17. The molecule has 88 valence electrons. The Balaban J connectivity index is 2.52. The Hall–Kier alpha value is -1.22. The van der Waals surface area contributed by atoms with E-state index < -0.39 is 6.04 Å². The van der Waals surface area contributed by atoms with Crippen LogP contribution in [0, 0.1) is 11.7 Å². The molecule has 3 heteroatoms. The SMILES string of the molecule is CC(C)C(N)C(=O)CCc1ccccc1F. The van der Waals surface area contributed by atoms with Crippen LogP contribution < -0.4 is 5.73 Å². The molecule has 2 nitrogen and oxygen atoms in total. The summed E-state index contributed by atoms with van der Waals surface area (Å²) in [5.41, 5.74) is 6.29. The van der Waals surface area contributed by atoms with Crippen molar-refractivity contribution in [2.24, 2.45) is 11.7 Å². The van der Waals surface area contributed by atoms with Crippen LogP contribution in [0.3, 0.4) is 0 Å². The highest BCUT2D eigenvalue weighted by atomic mass is 19.1. The fourth-order valence-electron chi connectivity index (χ4n) is 1.50. The summed E-state index contributed by atoms with van der Waals surface area (Å²) in [4.78, 5) is 11.6. The van der Waals surface area contributed by atoms with Gasteiger partial charge in [-0.25, -0.2) is 4.39 Å². The maximum absolute atomic E-state index is 13.3. The molecule has 1 aromatic carbocycles. The summed E-state index contributed by atoms with van der Waals surface area (Å²) in [5, 5.41) is 0. The van der Waals surface area contributed by atoms with Crippen molar-refractivity contribution in [2.75, 3.05) is 0 Å². The fraction of sp³-hybridized carbons (Fsp3) is 0.462. The molecule has 16 heavy (non-hydrogen) atoms. The van der Waals surface area contributed by atoms with Crippen molar-refractivity contribution in [1.29, 1.82) is 0 Å². The lowest BCUT2D eigenvalue weighted by Gasteiger charge is -2.13. The molecule has 1 rings (SSSR count). The molecule has 0 saturated heterocycles. The highest BCUT2D eigenvalue weighted by molar-refractivity contribution is 5.84. The first kappa shape index (κ1) is 12.8. The van der Waals surface area contributed by atoms with Crippen molar-refractivity contribution in [3.63, 3.8) is 0 Å². The molecule has 0 amide bonds. The molecule has 2 N–H and O–H groups in total. The molecular formula is C13H18FNO. The topological polar surface area (TPSA) is 43.1 Å². The van der Waals surface area contributed by atoms with Gasteiger partial charge < -0.3 is 5.73 Å². The summed E-state index contributed by atoms with van der Waals surface area (Å²) >= 11 is 0. The number of hydrogen-bond donors (Lipinski definition) is 1. The van der Waals surface area contributed by atoms with Crippen molar-refractivity contribution < 1.29 is 9.18 Å². The van der Waals surface area contributed by atoms with E-state index in [0.29, 0.717) is 18.4 Å². The van der Waals surface area contributed by atoms with Crippen molar-refractivity contribution in [3.05, 3.63) is 35.6 Å². The number of carbonyl (C=O) groups excluding carboxylic acids is 1. The van der Waals surface area contributed by atoms with Gasteiger partial charge in [0.15, 0.2) is 0 Å². The van der Waals surface area contributed by atoms with Crippen molar-refractivity contribution in [2.45, 2.75) is 32.7 Å². The summed E-state index contributed by atoms with van der Waals surface area (Å²) in [6.45, 7) is 3.82. The summed E-state index contributed by atoms with van der Waals surface area (Å²) < 4.78 is 13.3. The summed E-state index contributed by atoms with van der Waals surface area (Å²) in [7, 11) is 0. The average Bonchev–Trinajstić information content (AvgIpc) is 2.26. The lowest BCUT2D eigenvalue weighted by atomic mass is 9.96. The van der Waals surface area contributed by atoms with Crippen molar-refractivity contribution >= 4 is 5.78 Å². The number of ketones is 1. The Bertz CT molecular complexity index is 363. The monoisotopic (exact) mass is 223 g/mol. The van der Waals surface area contributed by atoms with E-state index in [0.717, 1.165) is 0 Å². The predicted molar refractivity (Wildman–Crippen MR) is 62.5 cm³/mol. The minimum Gasteiger partial charge on any atom is -0.321 e. The summed E-state index contributed by atoms with van der Waals surface area (Å²) in [5.74, 6) is -0.125. The number of hydrogen-bond acceptors (Lipinski definition) is 2. The Morgan fingerprint density at radius 2 is 2.00 bits per heavy atom. The minimum absolute atomic E-state index is 0.00162. The summed E-state index contributed by atoms with van der Waals surface area (Å²) in [6, 6.07) is 6.07. The molecule has 0 heterocycles. The molecule has 1 unspecified atom stereocenters. The lowest BCUT2D eigenvalue weighted by Crippen LogP contribution is -2.35. The number of halogens is 1. The first-order chi connectivity index (χ1) is 7.52. The van der Waals surface area contributed by atoms with Gasteiger partial charge in [0.05, 0.1) is 6.04 Å². The molecule has 0 bridgehead atoms. The number of nitrogens with two attached hydrogens (primary N) is 1. The van der Waals surface area contributed by atoms with Gasteiger partial charge in [0.25, 0.3) is 0 Å². The van der Waals surface area contributed by atoms with Gasteiger partial charge in [-0.2, -0.15) is 0 Å². The third kappa shape index (κ3) is 3.42. The fourth-order valence-corrected chi connectivity index (χ4v) is 1.50. The predicted octanol–water partition coefficient (Wildman–Crippen LogP) is 2.31. The lowest BCUT2D eigenvalue weighted by molar-refractivity contribution is -0.121. The highest BCUT2D eigenvalue weighted by Crippen LogP contribution is 2.11. The van der Waals surface area contributed by atoms with Crippen LogP contribution in [0.4, 0.5) is 4.39 Å². The third-order valence-electron chi connectivity index (χ3n) is 2.69. The molecule has 0 fully saturated rings. The molecule has 0 radical (unpaired) electrons. The van der Waals surface area contributed by atoms with Crippen LogP contribution in [0.2, 0.25) is 0 Å². The Morgan fingerprint density at radius 3 is 2.56 bits per heavy atom. The standard InChI is InChI=1S/C13H18FNO/c1-9(2)13(15)12(16)8-7-10-5-3-4-6-11(10)14/h3-6,9,13H,7-8,15H2,1-2H3. The molecule has 0 aliphatic heterocycles. The van der Waals surface area contributed by atoms with Crippen LogP contribution >= 0.6 is 0 Å². The van der Waals surface area contributed by atoms with Gasteiger partial charge in [-0.05, 0) is 24.0 Å². The summed E-state index contributed by atoms with van der Waals surface area (Å²) in [6.07, 6.45) is 0.728. The largest absolute Gasteiger partial charge is 0.321 e. The van der Waals surface area contributed by atoms with Gasteiger partial charge in [-0.15, -0.1) is 0 Å². The normalized spacial score (nSPS) is 12.8. The zero-order chi connectivity index (χ0) is 12.1. The van der Waals surface area contributed by atoms with E-state index in [9.17, 15) is 9.18 Å². The quantitative estimate of drug-likeness (QED) is 0.832. The zero-order valence-electron chi connectivity index (χ0n) is 9.74. The maximum Gasteiger partial charge on any atom is 0.150 e. The van der Waals surface area contributed by atoms with Gasteiger partial charge in [-0.1, -0.05) is 32.0 Å². The number of aryl methyl sites for hydroxylation is 1. The number of carbonyl (C=O) groups is 1. The van der Waals surface area contributed by atoms with Crippen LogP contribution in [0.5, 0.6) is 0 Å². The molecule has 0 aliphatic rings. The second-order valence-corrected chi connectivity index (χ2v) is 4.33. The average molecular weight is 223 g/mol. The molecule has 1 aromatic rings. The second-order valence-electron chi connectivity index (χ2n) is 4.33. The van der Waals surface area contributed by atoms with Crippen molar-refractivity contribution in [3.8, 4) is 0 Å². The Labute approximate surface area is 95.7 Å². The first-order valence-corrected chi connectivity index (χ1v) is 5.54. The minimum atomic E-state index is -0.438. The molecule has 0 saturated carbocycles. The first-order valence-electron chi connectivity index (χ1n) is 5.54. The second kappa shape index (κ2) is 5.75. The van der Waals surface area contributed by atoms with Gasteiger partial charge in [0.1, 0.15) is 11.6 Å². The van der Waals surface area contributed by atoms with Crippen LogP contribution in [-0.4, -0.2) is 11.8 Å². The van der Waals surface area contributed by atoms with Gasteiger partial charge in [0, 0.05) is 6.42 Å². The number of benzene rings is 1. The molecule has 0 aliphatic carbocycles. The third-order valence-corrected chi connectivity index (χ3v) is 2.69. The molecular weight excluding hydrogens is 205 g/mol. The van der Waals surface area contributed by atoms with Gasteiger partial charge >= 0.3 is 0 Å².